The van der Waals surface area contributed by atoms with Crippen molar-refractivity contribution in [3.63, 3.8) is 0 Å². The van der Waals surface area contributed by atoms with Gasteiger partial charge in [0.2, 0.25) is 11.8 Å². The Morgan fingerprint density at radius 3 is 1.30 bits per heavy atom. The zero-order valence-electron chi connectivity index (χ0n) is 31.5. The van der Waals surface area contributed by atoms with Gasteiger partial charge in [0, 0.05) is 25.2 Å². The lowest BCUT2D eigenvalue weighted by atomic mass is 9.83. The Balaban J connectivity index is 0.907. The first-order valence-electron chi connectivity index (χ1n) is 20.1. The molecular formula is C42H50N8O6. The molecule has 2 aromatic carbocycles. The van der Waals surface area contributed by atoms with Crippen molar-refractivity contribution in [1.82, 2.24) is 40.4 Å². The number of carboxylic acid groups (broad SMARTS) is 2. The number of carbonyl (C=O) groups is 4. The molecule has 4 heterocycles. The van der Waals surface area contributed by atoms with Crippen molar-refractivity contribution < 1.29 is 29.4 Å². The van der Waals surface area contributed by atoms with Crippen LogP contribution in [0.15, 0.2) is 60.9 Å². The van der Waals surface area contributed by atoms with Crippen LogP contribution in [0.25, 0.3) is 33.6 Å². The average Bonchev–Trinajstić information content (AvgIpc) is 4.05. The van der Waals surface area contributed by atoms with E-state index in [0.717, 1.165) is 96.7 Å². The fourth-order valence-electron chi connectivity index (χ4n) is 9.56. The summed E-state index contributed by atoms with van der Waals surface area (Å²) in [5, 5.41) is 23.8. The Labute approximate surface area is 325 Å². The highest BCUT2D eigenvalue weighted by atomic mass is 16.4. The van der Waals surface area contributed by atoms with Crippen LogP contribution in [0.5, 0.6) is 0 Å². The second-order valence-electron chi connectivity index (χ2n) is 15.8. The van der Waals surface area contributed by atoms with Crippen LogP contribution in [-0.4, -0.2) is 89.1 Å². The maximum atomic E-state index is 13.7. The highest BCUT2D eigenvalue weighted by Gasteiger charge is 2.41. The predicted molar refractivity (Wildman–Crippen MR) is 208 cm³/mol. The summed E-state index contributed by atoms with van der Waals surface area (Å²) in [6, 6.07) is 15.5. The lowest BCUT2D eigenvalue weighted by Crippen LogP contribution is -2.49. The van der Waals surface area contributed by atoms with Crippen LogP contribution in [0.4, 0.5) is 9.59 Å². The number of hydrogen-bond donors (Lipinski definition) is 6. The van der Waals surface area contributed by atoms with Crippen molar-refractivity contribution in [2.75, 3.05) is 13.1 Å². The SMILES string of the molecule is O=C(O)N[C@@H]1CCCC[C@H]1C(=O)N1CCCC1c1ncc(-c2ccc(-c3ccc(-c4cnc(C5CCCN5C(=O)[C@@H]5CCCC[C@H]5NC(=O)O)[nH]4)cc3)cc2)[nH]1. The third kappa shape index (κ3) is 7.74. The Hall–Kier alpha value is -5.66. The predicted octanol–water partition coefficient (Wildman–Crippen LogP) is 7.11. The van der Waals surface area contributed by atoms with Gasteiger partial charge in [-0.2, -0.15) is 0 Å². The molecule has 4 fully saturated rings. The minimum absolute atomic E-state index is 0.0148. The summed E-state index contributed by atoms with van der Waals surface area (Å²) in [6.45, 7) is 1.28. The van der Waals surface area contributed by atoms with Gasteiger partial charge in [0.25, 0.3) is 0 Å². The summed E-state index contributed by atoms with van der Waals surface area (Å²) in [7, 11) is 0. The van der Waals surface area contributed by atoms with E-state index < -0.39 is 12.2 Å². The third-order valence-corrected chi connectivity index (χ3v) is 12.4. The molecule has 4 aliphatic rings. The lowest BCUT2D eigenvalue weighted by Gasteiger charge is -2.35. The molecule has 2 aliphatic carbocycles. The number of nitrogens with one attached hydrogen (secondary N) is 4. The number of aromatic amines is 2. The molecule has 14 nitrogen and oxygen atoms in total. The first-order valence-corrected chi connectivity index (χ1v) is 20.1. The summed E-state index contributed by atoms with van der Waals surface area (Å²) in [4.78, 5) is 70.4. The smallest absolute Gasteiger partial charge is 0.404 e. The highest BCUT2D eigenvalue weighted by Crippen LogP contribution is 2.38. The van der Waals surface area contributed by atoms with Crippen LogP contribution in [0, 0.1) is 11.8 Å². The van der Waals surface area contributed by atoms with Gasteiger partial charge in [0.15, 0.2) is 0 Å². The summed E-state index contributed by atoms with van der Waals surface area (Å²) in [6.07, 6.45) is 11.3. The Bertz CT molecular complexity index is 1900. The number of carbonyl (C=O) groups excluding carboxylic acids is 2. The molecule has 0 bridgehead atoms. The molecule has 0 spiro atoms. The Kier molecular flexibility index (Phi) is 10.8. The quantitative estimate of drug-likeness (QED) is 0.104. The molecule has 6 atom stereocenters. The van der Waals surface area contributed by atoms with Gasteiger partial charge in [-0.25, -0.2) is 19.6 Å². The van der Waals surface area contributed by atoms with E-state index in [-0.39, 0.29) is 47.8 Å². The largest absolute Gasteiger partial charge is 0.465 e. The average molecular weight is 763 g/mol. The first kappa shape index (κ1) is 37.3. The minimum atomic E-state index is -1.08. The molecule has 56 heavy (non-hydrogen) atoms. The van der Waals surface area contributed by atoms with E-state index in [1.165, 1.54) is 0 Å². The molecule has 0 radical (unpaired) electrons. The molecule has 4 amide bonds. The number of H-pyrrole nitrogens is 2. The van der Waals surface area contributed by atoms with Crippen LogP contribution in [0.1, 0.15) is 101 Å². The van der Waals surface area contributed by atoms with Crippen molar-refractivity contribution in [1.29, 1.82) is 0 Å². The molecular weight excluding hydrogens is 713 g/mol. The van der Waals surface area contributed by atoms with Crippen LogP contribution in [-0.2, 0) is 9.59 Å². The van der Waals surface area contributed by atoms with Crippen LogP contribution < -0.4 is 10.6 Å². The number of hydrogen-bond acceptors (Lipinski definition) is 6. The van der Waals surface area contributed by atoms with Gasteiger partial charge in [-0.3, -0.25) is 9.59 Å². The number of imidazole rings is 2. The molecule has 6 N–H and O–H groups in total. The topological polar surface area (TPSA) is 197 Å². The maximum Gasteiger partial charge on any atom is 0.404 e. The van der Waals surface area contributed by atoms with E-state index in [9.17, 15) is 29.4 Å². The van der Waals surface area contributed by atoms with Crippen molar-refractivity contribution in [2.24, 2.45) is 11.8 Å². The fraction of sp³-hybridized carbons (Fsp3) is 0.476. The molecule has 14 heteroatoms. The van der Waals surface area contributed by atoms with Gasteiger partial charge in [0.05, 0.1) is 47.7 Å². The van der Waals surface area contributed by atoms with Crippen molar-refractivity contribution in [2.45, 2.75) is 101 Å². The van der Waals surface area contributed by atoms with Gasteiger partial charge in [-0.1, -0.05) is 74.2 Å². The van der Waals surface area contributed by atoms with Crippen LogP contribution in [0.2, 0.25) is 0 Å². The van der Waals surface area contributed by atoms with Crippen LogP contribution in [0.3, 0.4) is 0 Å². The molecule has 2 unspecified atom stereocenters. The van der Waals surface area contributed by atoms with E-state index >= 15 is 0 Å². The minimum Gasteiger partial charge on any atom is -0.465 e. The van der Waals surface area contributed by atoms with Gasteiger partial charge in [0.1, 0.15) is 11.6 Å². The zero-order chi connectivity index (χ0) is 38.8. The summed E-state index contributed by atoms with van der Waals surface area (Å²) in [5.74, 6) is 0.843. The van der Waals surface area contributed by atoms with Gasteiger partial charge in [-0.15, -0.1) is 0 Å². The summed E-state index contributed by atoms with van der Waals surface area (Å²) < 4.78 is 0. The van der Waals surface area contributed by atoms with E-state index in [0.29, 0.717) is 38.8 Å². The third-order valence-electron chi connectivity index (χ3n) is 12.4. The maximum absolute atomic E-state index is 13.7. The molecule has 2 aromatic heterocycles. The van der Waals surface area contributed by atoms with Gasteiger partial charge < -0.3 is 40.6 Å². The number of rotatable bonds is 9. The lowest BCUT2D eigenvalue weighted by molar-refractivity contribution is -0.139. The molecule has 2 saturated carbocycles. The number of nitrogens with zero attached hydrogens (tertiary/aromatic N) is 4. The standard InChI is InChI=1S/C42H50N8O6/c51-39(29-7-1-3-9-31(29)47-41(53)54)49-21-5-11-35(49)37-43-23-33(45-37)27-17-13-25(14-18-27)26-15-19-28(20-16-26)34-24-44-38(46-34)36-12-6-22-50(36)40(52)30-8-2-4-10-32(30)48-42(55)56/h13-20,23-24,29-32,35-36,47-48H,1-12,21-22H2,(H,43,45)(H,44,46)(H,53,54)(H,55,56)/t29-,30-,31-,32-,35?,36?/m1/s1. The van der Waals surface area contributed by atoms with Crippen molar-refractivity contribution >= 4 is 24.0 Å². The number of amides is 4. The van der Waals surface area contributed by atoms with Gasteiger partial charge in [-0.05, 0) is 73.6 Å². The normalized spacial score (nSPS) is 25.2. The van der Waals surface area contributed by atoms with Crippen LogP contribution >= 0.6 is 0 Å². The van der Waals surface area contributed by atoms with Crippen molar-refractivity contribution in [3.8, 4) is 33.6 Å². The van der Waals surface area contributed by atoms with Crippen molar-refractivity contribution in [3.05, 3.63) is 72.6 Å². The summed E-state index contributed by atoms with van der Waals surface area (Å²) in [5.41, 5.74) is 5.84. The molecule has 8 rings (SSSR count). The number of benzene rings is 2. The van der Waals surface area contributed by atoms with E-state index in [4.69, 9.17) is 9.97 Å². The second-order valence-corrected chi connectivity index (χ2v) is 15.8. The summed E-state index contributed by atoms with van der Waals surface area (Å²) >= 11 is 0. The van der Waals surface area contributed by atoms with E-state index in [2.05, 4.69) is 69.1 Å². The second kappa shape index (κ2) is 16.2. The molecule has 2 aliphatic heterocycles. The Morgan fingerprint density at radius 1 is 0.536 bits per heavy atom. The fourth-order valence-corrected chi connectivity index (χ4v) is 9.56. The number of likely N-dealkylation sites (tertiary alicyclic amines) is 2. The van der Waals surface area contributed by atoms with E-state index in [1.54, 1.807) is 0 Å². The molecule has 294 valence electrons. The first-order chi connectivity index (χ1) is 27.2. The molecule has 2 saturated heterocycles. The van der Waals surface area contributed by atoms with E-state index in [1.807, 2.05) is 22.2 Å². The zero-order valence-corrected chi connectivity index (χ0v) is 31.5. The monoisotopic (exact) mass is 762 g/mol. The Morgan fingerprint density at radius 2 is 0.911 bits per heavy atom. The molecule has 4 aromatic rings. The van der Waals surface area contributed by atoms with Gasteiger partial charge >= 0.3 is 12.2 Å². The highest BCUT2D eigenvalue weighted by molar-refractivity contribution is 5.82. The number of aromatic nitrogens is 4.